The maximum Gasteiger partial charge on any atom is 0.312 e. The summed E-state index contributed by atoms with van der Waals surface area (Å²) in [6, 6.07) is 0. The number of carbonyl (C=O) groups is 2. The summed E-state index contributed by atoms with van der Waals surface area (Å²) < 4.78 is 0. The molecule has 0 unspecified atom stereocenters. The van der Waals surface area contributed by atoms with E-state index in [2.05, 4.69) is 10.2 Å². The van der Waals surface area contributed by atoms with Gasteiger partial charge in [-0.25, -0.2) is 0 Å². The second kappa shape index (κ2) is 6.83. The van der Waals surface area contributed by atoms with Gasteiger partial charge in [-0.2, -0.15) is 0 Å². The fraction of sp³-hybridized carbons (Fsp3) is 0.833. The van der Waals surface area contributed by atoms with E-state index in [0.717, 1.165) is 32.7 Å². The normalized spacial score (nSPS) is 21.5. The third-order valence-corrected chi connectivity index (χ3v) is 3.69. The summed E-state index contributed by atoms with van der Waals surface area (Å²) in [4.78, 5) is 29.7. The van der Waals surface area contributed by atoms with Crippen LogP contribution in [0, 0.1) is 0 Å². The molecule has 2 aliphatic rings. The fourth-order valence-corrected chi connectivity index (χ4v) is 2.50. The van der Waals surface area contributed by atoms with Gasteiger partial charge < -0.3 is 20.9 Å². The molecule has 0 atom stereocenters. The maximum atomic E-state index is 12.1. The van der Waals surface area contributed by atoms with Crippen molar-refractivity contribution in [3.8, 4) is 0 Å². The molecule has 0 saturated carbocycles. The highest BCUT2D eigenvalue weighted by Gasteiger charge is 2.29. The molecule has 2 fully saturated rings. The van der Waals surface area contributed by atoms with Crippen LogP contribution in [0.5, 0.6) is 0 Å². The van der Waals surface area contributed by atoms with Gasteiger partial charge in [0, 0.05) is 65.4 Å². The van der Waals surface area contributed by atoms with Crippen LogP contribution in [0.15, 0.2) is 0 Å². The predicted octanol–water partition coefficient (Wildman–Crippen LogP) is -2.48. The number of hydrogen-bond acceptors (Lipinski definition) is 5. The highest BCUT2D eigenvalue weighted by molar-refractivity contribution is 6.34. The molecule has 0 aromatic rings. The number of carbonyl (C=O) groups excluding carboxylic acids is 2. The van der Waals surface area contributed by atoms with E-state index in [0.29, 0.717) is 32.7 Å². The molecule has 7 heteroatoms. The first kappa shape index (κ1) is 14.2. The van der Waals surface area contributed by atoms with Crippen LogP contribution in [-0.4, -0.2) is 92.0 Å². The van der Waals surface area contributed by atoms with Crippen molar-refractivity contribution in [2.75, 3.05) is 65.4 Å². The van der Waals surface area contributed by atoms with Gasteiger partial charge >= 0.3 is 11.8 Å². The second-order valence-electron chi connectivity index (χ2n) is 4.96. The first-order valence-electron chi connectivity index (χ1n) is 6.93. The van der Waals surface area contributed by atoms with Crippen molar-refractivity contribution < 1.29 is 9.59 Å². The number of hydrogen-bond donors (Lipinski definition) is 2. The molecule has 7 nitrogen and oxygen atoms in total. The molecule has 0 aromatic heterocycles. The third-order valence-electron chi connectivity index (χ3n) is 3.69. The van der Waals surface area contributed by atoms with Gasteiger partial charge in [0.1, 0.15) is 0 Å². The minimum Gasteiger partial charge on any atom is -0.332 e. The molecule has 0 spiro atoms. The van der Waals surface area contributed by atoms with Crippen molar-refractivity contribution in [1.29, 1.82) is 0 Å². The first-order valence-corrected chi connectivity index (χ1v) is 6.93. The van der Waals surface area contributed by atoms with Gasteiger partial charge in [-0.05, 0) is 0 Å². The molecule has 2 saturated heterocycles. The highest BCUT2D eigenvalue weighted by Crippen LogP contribution is 2.04. The van der Waals surface area contributed by atoms with Gasteiger partial charge in [0.25, 0.3) is 0 Å². The lowest BCUT2D eigenvalue weighted by Crippen LogP contribution is -2.56. The van der Waals surface area contributed by atoms with Crippen molar-refractivity contribution in [2.45, 2.75) is 0 Å². The SMILES string of the molecule is NCCN1CCN(C(=O)C(=O)N2CCNCC2)CC1. The number of nitrogens with zero attached hydrogens (tertiary/aromatic N) is 3. The lowest BCUT2D eigenvalue weighted by Gasteiger charge is -2.35. The minimum atomic E-state index is -0.353. The Morgan fingerprint density at radius 2 is 1.42 bits per heavy atom. The molecule has 2 heterocycles. The Bertz CT molecular complexity index is 322. The Morgan fingerprint density at radius 1 is 0.895 bits per heavy atom. The van der Waals surface area contributed by atoms with E-state index >= 15 is 0 Å². The summed E-state index contributed by atoms with van der Waals surface area (Å²) >= 11 is 0. The molecular weight excluding hydrogens is 246 g/mol. The maximum absolute atomic E-state index is 12.1. The van der Waals surface area contributed by atoms with Crippen molar-refractivity contribution >= 4 is 11.8 Å². The molecule has 0 aliphatic carbocycles. The van der Waals surface area contributed by atoms with E-state index in [-0.39, 0.29) is 11.8 Å². The van der Waals surface area contributed by atoms with Crippen LogP contribution in [0.25, 0.3) is 0 Å². The third kappa shape index (κ3) is 3.65. The van der Waals surface area contributed by atoms with Crippen LogP contribution in [0.4, 0.5) is 0 Å². The molecule has 108 valence electrons. The fourth-order valence-electron chi connectivity index (χ4n) is 2.50. The summed E-state index contributed by atoms with van der Waals surface area (Å²) in [5.41, 5.74) is 5.51. The second-order valence-corrected chi connectivity index (χ2v) is 4.96. The van der Waals surface area contributed by atoms with Crippen molar-refractivity contribution in [3.63, 3.8) is 0 Å². The summed E-state index contributed by atoms with van der Waals surface area (Å²) in [5.74, 6) is -0.705. The number of nitrogens with one attached hydrogen (secondary N) is 1. The zero-order valence-corrected chi connectivity index (χ0v) is 11.3. The number of nitrogens with two attached hydrogens (primary N) is 1. The Morgan fingerprint density at radius 3 is 1.95 bits per heavy atom. The van der Waals surface area contributed by atoms with E-state index in [1.165, 1.54) is 0 Å². The Kier molecular flexibility index (Phi) is 5.12. The summed E-state index contributed by atoms with van der Waals surface area (Å²) in [6.45, 7) is 7.12. The zero-order chi connectivity index (χ0) is 13.7. The first-order chi connectivity index (χ1) is 9.22. The monoisotopic (exact) mass is 269 g/mol. The Balaban J connectivity index is 1.81. The quantitative estimate of drug-likeness (QED) is 0.543. The van der Waals surface area contributed by atoms with Crippen LogP contribution < -0.4 is 11.1 Å². The molecule has 0 radical (unpaired) electrons. The van der Waals surface area contributed by atoms with E-state index < -0.39 is 0 Å². The highest BCUT2D eigenvalue weighted by atomic mass is 16.2. The molecule has 2 rings (SSSR count). The molecular formula is C12H23N5O2. The average molecular weight is 269 g/mol. The standard InChI is InChI=1S/C12H23N5O2/c13-1-4-15-7-9-17(10-8-15)12(19)11(18)16-5-2-14-3-6-16/h14H,1-10,13H2. The zero-order valence-electron chi connectivity index (χ0n) is 11.3. The molecule has 3 N–H and O–H groups in total. The number of piperazine rings is 2. The largest absolute Gasteiger partial charge is 0.332 e. The van der Waals surface area contributed by atoms with Crippen molar-refractivity contribution in [1.82, 2.24) is 20.0 Å². The molecule has 0 bridgehead atoms. The smallest absolute Gasteiger partial charge is 0.312 e. The van der Waals surface area contributed by atoms with Crippen LogP contribution in [0.2, 0.25) is 0 Å². The average Bonchev–Trinajstić information content (AvgIpc) is 2.48. The van der Waals surface area contributed by atoms with E-state index in [1.807, 2.05) is 0 Å². The molecule has 2 amide bonds. The lowest BCUT2D eigenvalue weighted by atomic mass is 10.2. The van der Waals surface area contributed by atoms with Gasteiger partial charge in [0.05, 0.1) is 0 Å². The summed E-state index contributed by atoms with van der Waals surface area (Å²) in [6.07, 6.45) is 0. The number of rotatable bonds is 2. The van der Waals surface area contributed by atoms with Gasteiger partial charge in [-0.3, -0.25) is 14.5 Å². The van der Waals surface area contributed by atoms with Crippen molar-refractivity contribution in [2.24, 2.45) is 5.73 Å². The van der Waals surface area contributed by atoms with Gasteiger partial charge in [-0.1, -0.05) is 0 Å². The van der Waals surface area contributed by atoms with E-state index in [4.69, 9.17) is 5.73 Å². The number of amides is 2. The Labute approximate surface area is 113 Å². The molecule has 2 aliphatic heterocycles. The molecule has 19 heavy (non-hydrogen) atoms. The van der Waals surface area contributed by atoms with Crippen LogP contribution in [0.3, 0.4) is 0 Å². The molecule has 0 aromatic carbocycles. The summed E-state index contributed by atoms with van der Waals surface area (Å²) in [5, 5.41) is 3.17. The van der Waals surface area contributed by atoms with Gasteiger partial charge in [0.15, 0.2) is 0 Å². The van der Waals surface area contributed by atoms with Gasteiger partial charge in [0.2, 0.25) is 0 Å². The topological polar surface area (TPSA) is 81.9 Å². The van der Waals surface area contributed by atoms with Gasteiger partial charge in [-0.15, -0.1) is 0 Å². The van der Waals surface area contributed by atoms with E-state index in [1.54, 1.807) is 9.80 Å². The summed E-state index contributed by atoms with van der Waals surface area (Å²) in [7, 11) is 0. The van der Waals surface area contributed by atoms with Crippen molar-refractivity contribution in [3.05, 3.63) is 0 Å². The minimum absolute atomic E-state index is 0.353. The van der Waals surface area contributed by atoms with Crippen LogP contribution in [0.1, 0.15) is 0 Å². The van der Waals surface area contributed by atoms with Crippen LogP contribution in [-0.2, 0) is 9.59 Å². The predicted molar refractivity (Wildman–Crippen MR) is 71.5 cm³/mol. The Hall–Kier alpha value is -1.18. The lowest BCUT2D eigenvalue weighted by molar-refractivity contribution is -0.153. The van der Waals surface area contributed by atoms with E-state index in [9.17, 15) is 9.59 Å². The van der Waals surface area contributed by atoms with Crippen LogP contribution >= 0.6 is 0 Å².